The maximum Gasteiger partial charge on any atom is -0.0202 e. The fourth-order valence-corrected chi connectivity index (χ4v) is 3.09. The molecule has 62 valence electrons. The third kappa shape index (κ3) is 1.13. The Balaban J connectivity index is 2.02. The summed E-state index contributed by atoms with van der Waals surface area (Å²) in [7, 11) is 0. The highest BCUT2D eigenvalue weighted by Gasteiger charge is 2.42. The lowest BCUT2D eigenvalue weighted by Crippen LogP contribution is -2.13. The van der Waals surface area contributed by atoms with E-state index in [4.69, 9.17) is 0 Å². The fraction of sp³-hybridized carbons (Fsp3) is 0.818. The van der Waals surface area contributed by atoms with Crippen LogP contribution in [0.2, 0.25) is 0 Å². The van der Waals surface area contributed by atoms with E-state index in [9.17, 15) is 0 Å². The molecule has 4 unspecified atom stereocenters. The predicted octanol–water partition coefficient (Wildman–Crippen LogP) is 3.24. The Morgan fingerprint density at radius 3 is 2.36 bits per heavy atom. The average Bonchev–Trinajstić information content (AvgIpc) is 2.47. The number of hydrogen-bond acceptors (Lipinski definition) is 0. The molecule has 0 N–H and O–H groups in total. The van der Waals surface area contributed by atoms with Gasteiger partial charge in [0.1, 0.15) is 0 Å². The minimum absolute atomic E-state index is 0.946. The van der Waals surface area contributed by atoms with Crippen LogP contribution in [0.3, 0.4) is 0 Å². The third-order valence-electron chi connectivity index (χ3n) is 3.70. The summed E-state index contributed by atoms with van der Waals surface area (Å²) in [5.74, 6) is 4.09. The van der Waals surface area contributed by atoms with Crippen LogP contribution in [0.15, 0.2) is 12.2 Å². The molecule has 2 bridgehead atoms. The van der Waals surface area contributed by atoms with Crippen LogP contribution in [-0.4, -0.2) is 0 Å². The lowest BCUT2D eigenvalue weighted by Gasteiger charge is -2.22. The molecule has 0 radical (unpaired) electrons. The maximum atomic E-state index is 2.43. The van der Waals surface area contributed by atoms with Crippen molar-refractivity contribution in [1.82, 2.24) is 0 Å². The van der Waals surface area contributed by atoms with Crippen molar-refractivity contribution < 1.29 is 0 Å². The van der Waals surface area contributed by atoms with Gasteiger partial charge in [0.15, 0.2) is 0 Å². The summed E-state index contributed by atoms with van der Waals surface area (Å²) >= 11 is 0. The molecule has 2 fully saturated rings. The van der Waals surface area contributed by atoms with Crippen molar-refractivity contribution in [2.45, 2.75) is 33.1 Å². The predicted molar refractivity (Wildman–Crippen MR) is 48.3 cm³/mol. The molecular formula is C11H18. The first kappa shape index (κ1) is 7.39. The Bertz CT molecular complexity index is 167. The zero-order valence-electron chi connectivity index (χ0n) is 7.59. The summed E-state index contributed by atoms with van der Waals surface area (Å²) in [5, 5.41) is 0. The van der Waals surface area contributed by atoms with Crippen LogP contribution in [0.4, 0.5) is 0 Å². The number of hydrogen-bond donors (Lipinski definition) is 0. The second-order valence-electron chi connectivity index (χ2n) is 4.39. The molecule has 2 rings (SSSR count). The van der Waals surface area contributed by atoms with Crippen molar-refractivity contribution in [1.29, 1.82) is 0 Å². The summed E-state index contributed by atoms with van der Waals surface area (Å²) in [6.07, 6.45) is 9.17. The van der Waals surface area contributed by atoms with Crippen molar-refractivity contribution in [2.24, 2.45) is 23.7 Å². The van der Waals surface area contributed by atoms with Crippen molar-refractivity contribution in [3.63, 3.8) is 0 Å². The fourth-order valence-electron chi connectivity index (χ4n) is 3.09. The molecule has 0 aromatic carbocycles. The van der Waals surface area contributed by atoms with Gasteiger partial charge in [-0.25, -0.2) is 0 Å². The third-order valence-corrected chi connectivity index (χ3v) is 3.70. The van der Waals surface area contributed by atoms with Crippen LogP contribution in [0.5, 0.6) is 0 Å². The van der Waals surface area contributed by atoms with Crippen LogP contribution < -0.4 is 0 Å². The number of rotatable bonds is 1. The summed E-state index contributed by atoms with van der Waals surface area (Å²) in [6, 6.07) is 0. The maximum absolute atomic E-state index is 2.43. The molecular weight excluding hydrogens is 132 g/mol. The first-order valence-electron chi connectivity index (χ1n) is 4.94. The Morgan fingerprint density at radius 2 is 1.91 bits per heavy atom. The van der Waals surface area contributed by atoms with E-state index in [1.165, 1.54) is 19.3 Å². The standard InChI is InChI=1S/C11H18/c1-3-4-9-6-10-7-11(9)5-8(10)2/h3-4,8-11H,5-7H2,1-2H3. The number of fused-ring (bicyclic) bond motifs is 2. The van der Waals surface area contributed by atoms with E-state index in [1.54, 1.807) is 0 Å². The van der Waals surface area contributed by atoms with Gasteiger partial charge in [-0.2, -0.15) is 0 Å². The quantitative estimate of drug-likeness (QED) is 0.503. The molecule has 2 saturated carbocycles. The topological polar surface area (TPSA) is 0 Å². The van der Waals surface area contributed by atoms with Gasteiger partial charge in [0.2, 0.25) is 0 Å². The first-order chi connectivity index (χ1) is 5.31. The molecule has 4 atom stereocenters. The summed E-state index contributed by atoms with van der Waals surface area (Å²) in [4.78, 5) is 0. The molecule has 2 aliphatic rings. The van der Waals surface area contributed by atoms with Gasteiger partial charge in [-0.1, -0.05) is 19.1 Å². The van der Waals surface area contributed by atoms with E-state index in [1.807, 2.05) is 0 Å². The molecule has 0 heterocycles. The lowest BCUT2D eigenvalue weighted by molar-refractivity contribution is 0.310. The summed E-state index contributed by atoms with van der Waals surface area (Å²) in [6.45, 7) is 4.58. The van der Waals surface area contributed by atoms with E-state index >= 15 is 0 Å². The van der Waals surface area contributed by atoms with Crippen LogP contribution in [-0.2, 0) is 0 Å². The molecule has 0 spiro atoms. The van der Waals surface area contributed by atoms with Crippen LogP contribution in [0.25, 0.3) is 0 Å². The SMILES string of the molecule is CC=CC1CC2CC1CC2C. The minimum atomic E-state index is 0.946. The van der Waals surface area contributed by atoms with Gasteiger partial charge in [0.05, 0.1) is 0 Å². The molecule has 0 saturated heterocycles. The molecule has 2 aliphatic carbocycles. The van der Waals surface area contributed by atoms with E-state index < -0.39 is 0 Å². The zero-order valence-corrected chi connectivity index (χ0v) is 7.59. The van der Waals surface area contributed by atoms with Crippen molar-refractivity contribution in [3.05, 3.63) is 12.2 Å². The summed E-state index contributed by atoms with van der Waals surface area (Å²) in [5.41, 5.74) is 0. The largest absolute Gasteiger partial charge is 0.0914 e. The normalized spacial score (nSPS) is 49.3. The van der Waals surface area contributed by atoms with E-state index in [0.29, 0.717) is 0 Å². The van der Waals surface area contributed by atoms with Gasteiger partial charge in [-0.3, -0.25) is 0 Å². The summed E-state index contributed by atoms with van der Waals surface area (Å²) < 4.78 is 0. The molecule has 11 heavy (non-hydrogen) atoms. The highest BCUT2D eigenvalue weighted by Crippen LogP contribution is 2.51. The smallest absolute Gasteiger partial charge is 0.0202 e. The van der Waals surface area contributed by atoms with Crippen molar-refractivity contribution >= 4 is 0 Å². The lowest BCUT2D eigenvalue weighted by atomic mass is 9.83. The van der Waals surface area contributed by atoms with Gasteiger partial charge in [-0.15, -0.1) is 0 Å². The Labute approximate surface area is 69.7 Å². The van der Waals surface area contributed by atoms with Gasteiger partial charge < -0.3 is 0 Å². The van der Waals surface area contributed by atoms with E-state index in [2.05, 4.69) is 26.0 Å². The monoisotopic (exact) mass is 150 g/mol. The Morgan fingerprint density at radius 1 is 1.09 bits per heavy atom. The zero-order chi connectivity index (χ0) is 7.84. The molecule has 0 aromatic heterocycles. The molecule has 0 aliphatic heterocycles. The van der Waals surface area contributed by atoms with Crippen LogP contribution >= 0.6 is 0 Å². The van der Waals surface area contributed by atoms with Crippen LogP contribution in [0.1, 0.15) is 33.1 Å². The van der Waals surface area contributed by atoms with Gasteiger partial charge in [0, 0.05) is 0 Å². The second kappa shape index (κ2) is 2.66. The Kier molecular flexibility index (Phi) is 1.78. The van der Waals surface area contributed by atoms with Crippen molar-refractivity contribution in [3.8, 4) is 0 Å². The first-order valence-corrected chi connectivity index (χ1v) is 4.94. The molecule has 0 amide bonds. The van der Waals surface area contributed by atoms with Gasteiger partial charge in [-0.05, 0) is 49.9 Å². The molecule has 0 aromatic rings. The Hall–Kier alpha value is -0.260. The van der Waals surface area contributed by atoms with Crippen molar-refractivity contribution in [2.75, 3.05) is 0 Å². The van der Waals surface area contributed by atoms with E-state index in [-0.39, 0.29) is 0 Å². The van der Waals surface area contributed by atoms with Gasteiger partial charge >= 0.3 is 0 Å². The molecule has 0 nitrogen and oxygen atoms in total. The average molecular weight is 150 g/mol. The van der Waals surface area contributed by atoms with E-state index in [0.717, 1.165) is 23.7 Å². The van der Waals surface area contributed by atoms with Crippen LogP contribution in [0, 0.1) is 23.7 Å². The second-order valence-corrected chi connectivity index (χ2v) is 4.39. The highest BCUT2D eigenvalue weighted by molar-refractivity contribution is 5.01. The number of allylic oxidation sites excluding steroid dienone is 2. The molecule has 0 heteroatoms. The van der Waals surface area contributed by atoms with Gasteiger partial charge in [0.25, 0.3) is 0 Å². The minimum Gasteiger partial charge on any atom is -0.0914 e. The highest BCUT2D eigenvalue weighted by atomic mass is 14.5.